The van der Waals surface area contributed by atoms with Crippen LogP contribution in [-0.2, 0) is 0 Å². The zero-order chi connectivity index (χ0) is 17.8. The lowest BCUT2D eigenvalue weighted by Crippen LogP contribution is -2.14. The smallest absolute Gasteiger partial charge is 0.275 e. The lowest BCUT2D eigenvalue weighted by Gasteiger charge is -2.10. The van der Waals surface area contributed by atoms with Crippen molar-refractivity contribution in [1.29, 1.82) is 0 Å². The van der Waals surface area contributed by atoms with Crippen LogP contribution in [0.1, 0.15) is 21.6 Å². The van der Waals surface area contributed by atoms with E-state index in [9.17, 15) is 9.18 Å². The number of hydrogen-bond donors (Lipinski definition) is 2. The van der Waals surface area contributed by atoms with E-state index in [4.69, 9.17) is 0 Å². The quantitative estimate of drug-likeness (QED) is 0.748. The van der Waals surface area contributed by atoms with Gasteiger partial charge in [0.2, 0.25) is 0 Å². The predicted molar refractivity (Wildman–Crippen MR) is 95.6 cm³/mol. The number of aryl methyl sites for hydroxylation is 2. The van der Waals surface area contributed by atoms with Crippen LogP contribution in [0.4, 0.5) is 21.6 Å². The van der Waals surface area contributed by atoms with Crippen LogP contribution in [0.25, 0.3) is 0 Å². The molecule has 0 unspecified atom stereocenters. The average molecular weight is 336 g/mol. The van der Waals surface area contributed by atoms with Gasteiger partial charge < -0.3 is 10.6 Å². The third-order valence-corrected chi connectivity index (χ3v) is 3.62. The number of hydrogen-bond acceptors (Lipinski definition) is 4. The monoisotopic (exact) mass is 336 g/mol. The zero-order valence-electron chi connectivity index (χ0n) is 13.9. The fourth-order valence-electron chi connectivity index (χ4n) is 2.28. The first-order chi connectivity index (χ1) is 12.0. The highest BCUT2D eigenvalue weighted by Gasteiger charge is 2.09. The number of nitrogens with zero attached hydrogens (tertiary/aromatic N) is 2. The minimum Gasteiger partial charge on any atom is -0.339 e. The number of rotatable bonds is 4. The van der Waals surface area contributed by atoms with E-state index in [-0.39, 0.29) is 5.69 Å². The van der Waals surface area contributed by atoms with E-state index in [1.54, 1.807) is 6.07 Å². The van der Waals surface area contributed by atoms with Crippen LogP contribution in [0.15, 0.2) is 54.9 Å². The Morgan fingerprint density at radius 1 is 1.04 bits per heavy atom. The number of carbonyl (C=O) groups is 1. The maximum absolute atomic E-state index is 13.2. The van der Waals surface area contributed by atoms with Gasteiger partial charge in [0.1, 0.15) is 17.3 Å². The molecule has 1 heterocycles. The van der Waals surface area contributed by atoms with Gasteiger partial charge in [0, 0.05) is 11.4 Å². The van der Waals surface area contributed by atoms with E-state index in [0.29, 0.717) is 11.5 Å². The molecule has 126 valence electrons. The molecule has 25 heavy (non-hydrogen) atoms. The molecule has 3 aromatic rings. The van der Waals surface area contributed by atoms with Gasteiger partial charge in [0.15, 0.2) is 0 Å². The lowest BCUT2D eigenvalue weighted by atomic mass is 10.1. The second-order valence-electron chi connectivity index (χ2n) is 5.69. The summed E-state index contributed by atoms with van der Waals surface area (Å²) in [4.78, 5) is 20.5. The molecule has 2 aromatic carbocycles. The molecule has 0 fully saturated rings. The first-order valence-electron chi connectivity index (χ1n) is 7.74. The molecule has 0 bridgehead atoms. The topological polar surface area (TPSA) is 66.9 Å². The molecule has 5 nitrogen and oxygen atoms in total. The van der Waals surface area contributed by atoms with Gasteiger partial charge in [-0.3, -0.25) is 4.79 Å². The van der Waals surface area contributed by atoms with Gasteiger partial charge in [-0.2, -0.15) is 0 Å². The van der Waals surface area contributed by atoms with Crippen molar-refractivity contribution in [2.24, 2.45) is 0 Å². The fourth-order valence-corrected chi connectivity index (χ4v) is 2.28. The van der Waals surface area contributed by atoms with Crippen molar-refractivity contribution in [3.63, 3.8) is 0 Å². The predicted octanol–water partition coefficient (Wildman–Crippen LogP) is 4.23. The van der Waals surface area contributed by atoms with E-state index < -0.39 is 11.7 Å². The van der Waals surface area contributed by atoms with E-state index in [2.05, 4.69) is 20.6 Å². The standard InChI is InChI=1S/C19H17FN4O/c1-12-6-7-13(2)16(8-12)24-18-11-21-17(10-22-18)19(25)23-15-5-3-4-14(20)9-15/h3-11H,1-2H3,(H,22,24)(H,23,25). The molecule has 1 aromatic heterocycles. The second-order valence-corrected chi connectivity index (χ2v) is 5.69. The van der Waals surface area contributed by atoms with E-state index in [1.807, 2.05) is 32.0 Å². The summed E-state index contributed by atoms with van der Waals surface area (Å²) < 4.78 is 13.2. The summed E-state index contributed by atoms with van der Waals surface area (Å²) in [5, 5.41) is 5.76. The molecule has 0 saturated carbocycles. The Morgan fingerprint density at radius 2 is 1.88 bits per heavy atom. The van der Waals surface area contributed by atoms with Crippen molar-refractivity contribution in [1.82, 2.24) is 9.97 Å². The van der Waals surface area contributed by atoms with Gasteiger partial charge in [-0.25, -0.2) is 14.4 Å². The summed E-state index contributed by atoms with van der Waals surface area (Å²) in [5.41, 5.74) is 3.67. The van der Waals surface area contributed by atoms with Crippen LogP contribution in [0, 0.1) is 19.7 Å². The van der Waals surface area contributed by atoms with Crippen molar-refractivity contribution < 1.29 is 9.18 Å². The number of aromatic nitrogens is 2. The summed E-state index contributed by atoms with van der Waals surface area (Å²) in [7, 11) is 0. The van der Waals surface area contributed by atoms with Crippen molar-refractivity contribution in [3.05, 3.63) is 77.5 Å². The van der Waals surface area contributed by atoms with E-state index in [1.165, 1.54) is 30.6 Å². The van der Waals surface area contributed by atoms with Gasteiger partial charge >= 0.3 is 0 Å². The Labute approximate surface area is 145 Å². The molecule has 2 N–H and O–H groups in total. The lowest BCUT2D eigenvalue weighted by molar-refractivity contribution is 0.102. The van der Waals surface area contributed by atoms with Crippen LogP contribution in [0.3, 0.4) is 0 Å². The van der Waals surface area contributed by atoms with Crippen LogP contribution in [-0.4, -0.2) is 15.9 Å². The number of benzene rings is 2. The molecule has 0 aliphatic rings. The van der Waals surface area contributed by atoms with Crippen molar-refractivity contribution >= 4 is 23.1 Å². The number of amides is 1. The van der Waals surface area contributed by atoms with Gasteiger partial charge in [-0.15, -0.1) is 0 Å². The Bertz CT molecular complexity index is 910. The number of halogens is 1. The summed E-state index contributed by atoms with van der Waals surface area (Å²) >= 11 is 0. The Hall–Kier alpha value is -3.28. The molecule has 0 atom stereocenters. The molecule has 6 heteroatoms. The molecule has 0 spiro atoms. The van der Waals surface area contributed by atoms with Crippen LogP contribution in [0.5, 0.6) is 0 Å². The Morgan fingerprint density at radius 3 is 2.60 bits per heavy atom. The van der Waals surface area contributed by atoms with Crippen LogP contribution in [0.2, 0.25) is 0 Å². The highest BCUT2D eigenvalue weighted by atomic mass is 19.1. The SMILES string of the molecule is Cc1ccc(C)c(Nc2cnc(C(=O)Nc3cccc(F)c3)cn2)c1. The van der Waals surface area contributed by atoms with Gasteiger partial charge in [0.25, 0.3) is 5.91 Å². The van der Waals surface area contributed by atoms with Gasteiger partial charge in [-0.1, -0.05) is 18.2 Å². The highest BCUT2D eigenvalue weighted by Crippen LogP contribution is 2.20. The number of nitrogens with one attached hydrogen (secondary N) is 2. The molecular formula is C19H17FN4O. The Kier molecular flexibility index (Phi) is 4.70. The zero-order valence-corrected chi connectivity index (χ0v) is 13.9. The maximum Gasteiger partial charge on any atom is 0.275 e. The van der Waals surface area contributed by atoms with Crippen LogP contribution >= 0.6 is 0 Å². The molecule has 3 rings (SSSR count). The summed E-state index contributed by atoms with van der Waals surface area (Å²) in [6.07, 6.45) is 2.87. The average Bonchev–Trinajstić information content (AvgIpc) is 2.59. The minimum atomic E-state index is -0.448. The molecule has 0 aliphatic heterocycles. The molecule has 0 aliphatic carbocycles. The van der Waals surface area contributed by atoms with Crippen molar-refractivity contribution in [3.8, 4) is 0 Å². The van der Waals surface area contributed by atoms with Gasteiger partial charge in [0.05, 0.1) is 12.4 Å². The molecule has 0 radical (unpaired) electrons. The number of carbonyl (C=O) groups excluding carboxylic acids is 1. The third-order valence-electron chi connectivity index (χ3n) is 3.62. The van der Waals surface area contributed by atoms with Gasteiger partial charge in [-0.05, 0) is 49.2 Å². The summed E-state index contributed by atoms with van der Waals surface area (Å²) in [6, 6.07) is 11.7. The molecular weight excluding hydrogens is 319 g/mol. The van der Waals surface area contributed by atoms with Crippen LogP contribution < -0.4 is 10.6 Å². The third kappa shape index (κ3) is 4.17. The molecule has 0 saturated heterocycles. The molecule has 1 amide bonds. The fraction of sp³-hybridized carbons (Fsp3) is 0.105. The minimum absolute atomic E-state index is 0.149. The summed E-state index contributed by atoms with van der Waals surface area (Å²) in [6.45, 7) is 4.01. The van der Waals surface area contributed by atoms with E-state index in [0.717, 1.165) is 16.8 Å². The summed E-state index contributed by atoms with van der Waals surface area (Å²) in [5.74, 6) is -0.329. The van der Waals surface area contributed by atoms with Crippen molar-refractivity contribution in [2.45, 2.75) is 13.8 Å². The first kappa shape index (κ1) is 16.6. The highest BCUT2D eigenvalue weighted by molar-refractivity contribution is 6.02. The first-order valence-corrected chi connectivity index (χ1v) is 7.74. The largest absolute Gasteiger partial charge is 0.339 e. The maximum atomic E-state index is 13.2. The second kappa shape index (κ2) is 7.09. The number of anilines is 3. The van der Waals surface area contributed by atoms with Crippen molar-refractivity contribution in [2.75, 3.05) is 10.6 Å². The normalized spacial score (nSPS) is 10.4. The van der Waals surface area contributed by atoms with E-state index >= 15 is 0 Å². The Balaban J connectivity index is 1.71.